The molecule has 1 fully saturated rings. The molecule has 1 rings (SSSR count). The number of thioether (sulfide) groups is 1. The van der Waals surface area contributed by atoms with Gasteiger partial charge in [-0.15, -0.1) is 0 Å². The Hall–Kier alpha value is -0.420. The van der Waals surface area contributed by atoms with Crippen molar-refractivity contribution in [1.82, 2.24) is 4.90 Å². The maximum Gasteiger partial charge on any atom is 0.191 e. The number of ether oxygens (including phenoxy) is 1. The summed E-state index contributed by atoms with van der Waals surface area (Å²) in [5.74, 6) is 2.99. The van der Waals surface area contributed by atoms with Crippen LogP contribution < -0.4 is 5.73 Å². The van der Waals surface area contributed by atoms with Gasteiger partial charge in [0.25, 0.3) is 0 Å². The molecule has 0 saturated carbocycles. The van der Waals surface area contributed by atoms with Gasteiger partial charge in [-0.25, -0.2) is 0 Å². The molecule has 17 heavy (non-hydrogen) atoms. The number of aliphatic imine (C=N–C) groups is 1. The Bertz CT molecular complexity index is 250. The van der Waals surface area contributed by atoms with E-state index in [1.165, 1.54) is 0 Å². The number of hydrogen-bond donors (Lipinski definition) is 1. The zero-order chi connectivity index (χ0) is 12.7. The average Bonchev–Trinajstić information content (AvgIpc) is 2.35. The Kier molecular flexibility index (Phi) is 6.12. The van der Waals surface area contributed by atoms with Gasteiger partial charge in [0.1, 0.15) is 0 Å². The second kappa shape index (κ2) is 7.11. The third-order valence-electron chi connectivity index (χ3n) is 2.70. The zero-order valence-corrected chi connectivity index (χ0v) is 12.1. The fourth-order valence-electron chi connectivity index (χ4n) is 1.61. The maximum absolute atomic E-state index is 6.01. The predicted molar refractivity (Wildman–Crippen MR) is 75.7 cm³/mol. The standard InChI is InChI=1S/C12H25N3OS/c1-4-16-10-12(2,3)9-14-11(13)15-5-7-17-8-6-15/h4-10H2,1-3H3,(H2,13,14). The molecule has 0 amide bonds. The Morgan fingerprint density at radius 1 is 1.41 bits per heavy atom. The van der Waals surface area contributed by atoms with Gasteiger partial charge in [-0.1, -0.05) is 13.8 Å². The fraction of sp³-hybridized carbons (Fsp3) is 0.917. The lowest BCUT2D eigenvalue weighted by Crippen LogP contribution is -2.43. The Labute approximate surface area is 109 Å². The fourth-order valence-corrected chi connectivity index (χ4v) is 2.51. The van der Waals surface area contributed by atoms with Crippen molar-refractivity contribution in [1.29, 1.82) is 0 Å². The molecule has 5 heteroatoms. The van der Waals surface area contributed by atoms with Crippen molar-refractivity contribution in [3.8, 4) is 0 Å². The van der Waals surface area contributed by atoms with Crippen molar-refractivity contribution in [3.05, 3.63) is 0 Å². The third-order valence-corrected chi connectivity index (χ3v) is 3.64. The maximum atomic E-state index is 6.01. The number of hydrogen-bond acceptors (Lipinski definition) is 3. The average molecular weight is 259 g/mol. The van der Waals surface area contributed by atoms with E-state index >= 15 is 0 Å². The van der Waals surface area contributed by atoms with E-state index in [0.29, 0.717) is 5.96 Å². The molecular weight excluding hydrogens is 234 g/mol. The summed E-state index contributed by atoms with van der Waals surface area (Å²) in [6, 6.07) is 0. The van der Waals surface area contributed by atoms with Crippen molar-refractivity contribution in [2.75, 3.05) is 44.4 Å². The van der Waals surface area contributed by atoms with Crippen molar-refractivity contribution < 1.29 is 4.74 Å². The van der Waals surface area contributed by atoms with Crippen LogP contribution in [-0.4, -0.2) is 55.2 Å². The van der Waals surface area contributed by atoms with E-state index in [-0.39, 0.29) is 5.41 Å². The van der Waals surface area contributed by atoms with Gasteiger partial charge in [0.05, 0.1) is 13.2 Å². The lowest BCUT2D eigenvalue weighted by molar-refractivity contribution is 0.0754. The van der Waals surface area contributed by atoms with Crippen molar-refractivity contribution >= 4 is 17.7 Å². The molecule has 4 nitrogen and oxygen atoms in total. The van der Waals surface area contributed by atoms with Crippen LogP contribution in [0.5, 0.6) is 0 Å². The molecule has 0 aromatic heterocycles. The molecular formula is C12H25N3OS. The molecule has 100 valence electrons. The van der Waals surface area contributed by atoms with E-state index in [4.69, 9.17) is 10.5 Å². The summed E-state index contributed by atoms with van der Waals surface area (Å²) in [5, 5.41) is 0. The highest BCUT2D eigenvalue weighted by Crippen LogP contribution is 2.16. The highest BCUT2D eigenvalue weighted by Gasteiger charge is 2.19. The summed E-state index contributed by atoms with van der Waals surface area (Å²) in [7, 11) is 0. The van der Waals surface area contributed by atoms with Crippen molar-refractivity contribution in [3.63, 3.8) is 0 Å². The van der Waals surface area contributed by atoms with Crippen LogP contribution in [0.2, 0.25) is 0 Å². The predicted octanol–water partition coefficient (Wildman–Crippen LogP) is 1.41. The Morgan fingerprint density at radius 3 is 2.65 bits per heavy atom. The first-order chi connectivity index (χ1) is 8.05. The van der Waals surface area contributed by atoms with E-state index in [1.807, 2.05) is 18.7 Å². The number of nitrogens with zero attached hydrogens (tertiary/aromatic N) is 2. The van der Waals surface area contributed by atoms with Crippen LogP contribution in [0.3, 0.4) is 0 Å². The van der Waals surface area contributed by atoms with Crippen LogP contribution in [0.15, 0.2) is 4.99 Å². The van der Waals surface area contributed by atoms with Gasteiger partial charge in [-0.3, -0.25) is 4.99 Å². The first-order valence-electron chi connectivity index (χ1n) is 6.25. The summed E-state index contributed by atoms with van der Waals surface area (Å²) in [5.41, 5.74) is 6.07. The van der Waals surface area contributed by atoms with Gasteiger partial charge < -0.3 is 15.4 Å². The normalized spacial score (nSPS) is 18.5. The number of rotatable bonds is 5. The smallest absolute Gasteiger partial charge is 0.191 e. The minimum absolute atomic E-state index is 0.0607. The highest BCUT2D eigenvalue weighted by molar-refractivity contribution is 7.99. The molecule has 0 bridgehead atoms. The number of guanidine groups is 1. The monoisotopic (exact) mass is 259 g/mol. The van der Waals surface area contributed by atoms with Crippen molar-refractivity contribution in [2.24, 2.45) is 16.1 Å². The quantitative estimate of drug-likeness (QED) is 0.599. The van der Waals surface area contributed by atoms with Crippen LogP contribution >= 0.6 is 11.8 Å². The van der Waals surface area contributed by atoms with Gasteiger partial charge in [0.2, 0.25) is 0 Å². The van der Waals surface area contributed by atoms with Crippen LogP contribution in [0.25, 0.3) is 0 Å². The van der Waals surface area contributed by atoms with E-state index < -0.39 is 0 Å². The van der Waals surface area contributed by atoms with Gasteiger partial charge in [0.15, 0.2) is 5.96 Å². The highest BCUT2D eigenvalue weighted by atomic mass is 32.2. The first kappa shape index (κ1) is 14.6. The molecule has 0 spiro atoms. The molecule has 0 unspecified atom stereocenters. The van der Waals surface area contributed by atoms with Crippen LogP contribution in [-0.2, 0) is 4.74 Å². The molecule has 0 aromatic rings. The van der Waals surface area contributed by atoms with Crippen molar-refractivity contribution in [2.45, 2.75) is 20.8 Å². The molecule has 1 aliphatic rings. The first-order valence-corrected chi connectivity index (χ1v) is 7.41. The second-order valence-electron chi connectivity index (χ2n) is 5.08. The van der Waals surface area contributed by atoms with E-state index in [9.17, 15) is 0 Å². The van der Waals surface area contributed by atoms with Gasteiger partial charge in [-0.2, -0.15) is 11.8 Å². The molecule has 0 aliphatic carbocycles. The summed E-state index contributed by atoms with van der Waals surface area (Å²) < 4.78 is 5.45. The molecule has 2 N–H and O–H groups in total. The number of nitrogens with two attached hydrogens (primary N) is 1. The van der Waals surface area contributed by atoms with Crippen LogP contribution in [0.4, 0.5) is 0 Å². The van der Waals surface area contributed by atoms with E-state index in [2.05, 4.69) is 23.7 Å². The summed E-state index contributed by atoms with van der Waals surface area (Å²) in [6.07, 6.45) is 0. The molecule has 0 aromatic carbocycles. The summed E-state index contributed by atoms with van der Waals surface area (Å²) in [4.78, 5) is 6.68. The molecule has 1 saturated heterocycles. The Balaban J connectivity index is 2.39. The SMILES string of the molecule is CCOCC(C)(C)CN=C(N)N1CCSCC1. The minimum Gasteiger partial charge on any atom is -0.381 e. The zero-order valence-electron chi connectivity index (χ0n) is 11.2. The second-order valence-corrected chi connectivity index (χ2v) is 6.30. The summed E-state index contributed by atoms with van der Waals surface area (Å²) in [6.45, 7) is 10.6. The lowest BCUT2D eigenvalue weighted by Gasteiger charge is -2.28. The largest absolute Gasteiger partial charge is 0.381 e. The molecule has 0 radical (unpaired) electrons. The van der Waals surface area contributed by atoms with E-state index in [0.717, 1.165) is 44.4 Å². The molecule has 0 atom stereocenters. The topological polar surface area (TPSA) is 50.9 Å². The van der Waals surface area contributed by atoms with Crippen LogP contribution in [0.1, 0.15) is 20.8 Å². The lowest BCUT2D eigenvalue weighted by atomic mass is 9.95. The third kappa shape index (κ3) is 5.64. The summed E-state index contributed by atoms with van der Waals surface area (Å²) >= 11 is 1.98. The minimum atomic E-state index is 0.0607. The van der Waals surface area contributed by atoms with Gasteiger partial charge >= 0.3 is 0 Å². The van der Waals surface area contributed by atoms with E-state index in [1.54, 1.807) is 0 Å². The molecule has 1 heterocycles. The molecule has 1 aliphatic heterocycles. The Morgan fingerprint density at radius 2 is 2.06 bits per heavy atom. The van der Waals surface area contributed by atoms with Crippen LogP contribution in [0, 0.1) is 5.41 Å². The van der Waals surface area contributed by atoms with Gasteiger partial charge in [0, 0.05) is 36.6 Å². The van der Waals surface area contributed by atoms with Gasteiger partial charge in [-0.05, 0) is 6.92 Å².